The lowest BCUT2D eigenvalue weighted by atomic mass is 9.93. The second-order valence-corrected chi connectivity index (χ2v) is 5.48. The van der Waals surface area contributed by atoms with E-state index in [1.165, 1.54) is 0 Å². The third-order valence-electron chi connectivity index (χ3n) is 3.15. The van der Waals surface area contributed by atoms with E-state index in [0.717, 1.165) is 18.4 Å². The van der Waals surface area contributed by atoms with Crippen molar-refractivity contribution in [2.75, 3.05) is 0 Å². The molecule has 0 aliphatic heterocycles. The predicted octanol–water partition coefficient (Wildman–Crippen LogP) is 2.78. The molecule has 16 heavy (non-hydrogen) atoms. The van der Waals surface area contributed by atoms with Gasteiger partial charge < -0.3 is 10.8 Å². The minimum absolute atomic E-state index is 0.1000. The van der Waals surface area contributed by atoms with Gasteiger partial charge in [0, 0.05) is 22.5 Å². The fourth-order valence-corrected chi connectivity index (χ4v) is 2.72. The normalized spacial score (nSPS) is 29.6. The summed E-state index contributed by atoms with van der Waals surface area (Å²) in [4.78, 5) is 0. The van der Waals surface area contributed by atoms with Gasteiger partial charge in [-0.05, 0) is 43.0 Å². The average Bonchev–Trinajstić information content (AvgIpc) is 2.52. The molecule has 0 radical (unpaired) electrons. The Labute approximate surface area is 105 Å². The molecule has 88 valence electrons. The molecule has 1 aromatic rings. The fourth-order valence-electron chi connectivity index (χ4n) is 2.34. The molecule has 1 aliphatic rings. The van der Waals surface area contributed by atoms with E-state index in [2.05, 4.69) is 0 Å². The maximum atomic E-state index is 10.3. The number of halogens is 2. The van der Waals surface area contributed by atoms with Crippen LogP contribution in [-0.4, -0.2) is 16.7 Å². The monoisotopic (exact) mass is 259 g/mol. The smallest absolute Gasteiger partial charge is 0.0703 e. The minimum atomic E-state index is -0.715. The Morgan fingerprint density at radius 3 is 2.81 bits per heavy atom. The highest BCUT2D eigenvalue weighted by Gasteiger charge is 2.36. The minimum Gasteiger partial charge on any atom is -0.389 e. The van der Waals surface area contributed by atoms with Crippen LogP contribution in [-0.2, 0) is 6.42 Å². The Kier molecular flexibility index (Phi) is 3.45. The van der Waals surface area contributed by atoms with Crippen molar-refractivity contribution in [1.82, 2.24) is 0 Å². The topological polar surface area (TPSA) is 46.2 Å². The highest BCUT2D eigenvalue weighted by molar-refractivity contribution is 6.33. The SMILES string of the molecule is NC1CCC(O)(Cc2cc(Cl)ccc2Cl)C1. The van der Waals surface area contributed by atoms with Gasteiger partial charge in [0.15, 0.2) is 0 Å². The summed E-state index contributed by atoms with van der Waals surface area (Å²) in [6.07, 6.45) is 2.77. The molecule has 1 aliphatic carbocycles. The summed E-state index contributed by atoms with van der Waals surface area (Å²) in [7, 11) is 0. The summed E-state index contributed by atoms with van der Waals surface area (Å²) in [6, 6.07) is 5.42. The van der Waals surface area contributed by atoms with Gasteiger partial charge in [0.1, 0.15) is 0 Å². The summed E-state index contributed by atoms with van der Waals surface area (Å²) in [5, 5.41) is 11.6. The molecular formula is C12H15Cl2NO. The van der Waals surface area contributed by atoms with Crippen molar-refractivity contribution in [3.05, 3.63) is 33.8 Å². The van der Waals surface area contributed by atoms with Crippen molar-refractivity contribution in [2.24, 2.45) is 5.73 Å². The van der Waals surface area contributed by atoms with Crippen molar-refractivity contribution >= 4 is 23.2 Å². The van der Waals surface area contributed by atoms with Crippen LogP contribution in [0.25, 0.3) is 0 Å². The first-order valence-electron chi connectivity index (χ1n) is 5.40. The lowest BCUT2D eigenvalue weighted by molar-refractivity contribution is 0.0469. The molecule has 1 fully saturated rings. The quantitative estimate of drug-likeness (QED) is 0.858. The first kappa shape index (κ1) is 12.2. The molecule has 1 aromatic carbocycles. The van der Waals surface area contributed by atoms with Gasteiger partial charge in [0.25, 0.3) is 0 Å². The van der Waals surface area contributed by atoms with E-state index in [0.29, 0.717) is 22.9 Å². The zero-order valence-corrected chi connectivity index (χ0v) is 10.4. The van der Waals surface area contributed by atoms with Crippen molar-refractivity contribution in [3.63, 3.8) is 0 Å². The van der Waals surface area contributed by atoms with Crippen LogP contribution in [0.15, 0.2) is 18.2 Å². The number of rotatable bonds is 2. The molecule has 0 heterocycles. The van der Waals surface area contributed by atoms with Gasteiger partial charge in [-0.1, -0.05) is 23.2 Å². The van der Waals surface area contributed by atoms with Crippen LogP contribution < -0.4 is 5.73 Å². The predicted molar refractivity (Wildman–Crippen MR) is 66.9 cm³/mol. The molecule has 2 atom stereocenters. The summed E-state index contributed by atoms with van der Waals surface area (Å²) in [5.74, 6) is 0. The van der Waals surface area contributed by atoms with Crippen molar-refractivity contribution < 1.29 is 5.11 Å². The van der Waals surface area contributed by atoms with E-state index in [-0.39, 0.29) is 6.04 Å². The molecular weight excluding hydrogens is 245 g/mol. The van der Waals surface area contributed by atoms with E-state index in [1.807, 2.05) is 6.07 Å². The molecule has 0 amide bonds. The van der Waals surface area contributed by atoms with Crippen LogP contribution in [0, 0.1) is 0 Å². The lowest BCUT2D eigenvalue weighted by Crippen LogP contribution is -2.30. The van der Waals surface area contributed by atoms with Gasteiger partial charge in [-0.25, -0.2) is 0 Å². The molecule has 3 N–H and O–H groups in total. The summed E-state index contributed by atoms with van der Waals surface area (Å²) in [5.41, 5.74) is 5.99. The highest BCUT2D eigenvalue weighted by Crippen LogP contribution is 2.34. The van der Waals surface area contributed by atoms with Crippen molar-refractivity contribution in [1.29, 1.82) is 0 Å². The Hall–Kier alpha value is -0.280. The van der Waals surface area contributed by atoms with Crippen molar-refractivity contribution in [3.8, 4) is 0 Å². The van der Waals surface area contributed by atoms with Gasteiger partial charge in [-0.2, -0.15) is 0 Å². The Morgan fingerprint density at radius 2 is 2.19 bits per heavy atom. The average molecular weight is 260 g/mol. The number of hydrogen-bond donors (Lipinski definition) is 2. The van der Waals surface area contributed by atoms with E-state index >= 15 is 0 Å². The molecule has 0 aromatic heterocycles. The van der Waals surface area contributed by atoms with Crippen LogP contribution >= 0.6 is 23.2 Å². The lowest BCUT2D eigenvalue weighted by Gasteiger charge is -2.23. The summed E-state index contributed by atoms with van der Waals surface area (Å²) >= 11 is 12.0. The third kappa shape index (κ3) is 2.69. The Morgan fingerprint density at radius 1 is 1.44 bits per heavy atom. The number of hydrogen-bond acceptors (Lipinski definition) is 2. The van der Waals surface area contributed by atoms with E-state index < -0.39 is 5.60 Å². The van der Waals surface area contributed by atoms with Crippen LogP contribution in [0.5, 0.6) is 0 Å². The van der Waals surface area contributed by atoms with Gasteiger partial charge in [0.2, 0.25) is 0 Å². The zero-order chi connectivity index (χ0) is 11.8. The molecule has 1 saturated carbocycles. The van der Waals surface area contributed by atoms with Crippen LogP contribution in [0.1, 0.15) is 24.8 Å². The largest absolute Gasteiger partial charge is 0.389 e. The molecule has 2 unspecified atom stereocenters. The van der Waals surface area contributed by atoms with E-state index in [1.54, 1.807) is 12.1 Å². The molecule has 0 spiro atoms. The van der Waals surface area contributed by atoms with Crippen molar-refractivity contribution in [2.45, 2.75) is 37.3 Å². The Bertz CT molecular complexity index is 397. The molecule has 4 heteroatoms. The van der Waals surface area contributed by atoms with Gasteiger partial charge in [0.05, 0.1) is 5.60 Å². The standard InChI is InChI=1S/C12H15Cl2NO/c13-9-1-2-11(14)8(5-9)6-12(16)4-3-10(15)7-12/h1-2,5,10,16H,3-4,6-7,15H2. The third-order valence-corrected chi connectivity index (χ3v) is 3.75. The maximum absolute atomic E-state index is 10.3. The first-order chi connectivity index (χ1) is 7.48. The fraction of sp³-hybridized carbons (Fsp3) is 0.500. The molecule has 2 rings (SSSR count). The first-order valence-corrected chi connectivity index (χ1v) is 6.16. The highest BCUT2D eigenvalue weighted by atomic mass is 35.5. The van der Waals surface area contributed by atoms with Crippen LogP contribution in [0.4, 0.5) is 0 Å². The zero-order valence-electron chi connectivity index (χ0n) is 8.92. The molecule has 2 nitrogen and oxygen atoms in total. The van der Waals surface area contributed by atoms with Gasteiger partial charge >= 0.3 is 0 Å². The Balaban J connectivity index is 2.17. The number of benzene rings is 1. The van der Waals surface area contributed by atoms with E-state index in [9.17, 15) is 5.11 Å². The number of nitrogens with two attached hydrogens (primary N) is 1. The molecule has 0 saturated heterocycles. The van der Waals surface area contributed by atoms with Crippen LogP contribution in [0.3, 0.4) is 0 Å². The molecule has 0 bridgehead atoms. The van der Waals surface area contributed by atoms with E-state index in [4.69, 9.17) is 28.9 Å². The summed E-state index contributed by atoms with van der Waals surface area (Å²) < 4.78 is 0. The maximum Gasteiger partial charge on any atom is 0.0703 e. The summed E-state index contributed by atoms with van der Waals surface area (Å²) in [6.45, 7) is 0. The number of aliphatic hydroxyl groups is 1. The van der Waals surface area contributed by atoms with Gasteiger partial charge in [-0.15, -0.1) is 0 Å². The van der Waals surface area contributed by atoms with Crippen LogP contribution in [0.2, 0.25) is 10.0 Å². The van der Waals surface area contributed by atoms with Gasteiger partial charge in [-0.3, -0.25) is 0 Å². The second-order valence-electron chi connectivity index (χ2n) is 4.64. The second kappa shape index (κ2) is 4.53.